The fourth-order valence-corrected chi connectivity index (χ4v) is 2.82. The van der Waals surface area contributed by atoms with Gasteiger partial charge in [-0.05, 0) is 41.8 Å². The molecular weight excluding hydrogens is 495 g/mol. The standard InChI is InChI=1S/C22H28N4O3.HI/c1-15(2)21(27)26-18-7-4-17(5-8-18)13-25-22(23-3)24-11-10-16-6-9-19-20(12-16)29-14-28-19;/h4-9,12,15H,10-11,13-14H2,1-3H3,(H,26,27)(H2,23,24,25);1H. The van der Waals surface area contributed by atoms with Crippen LogP contribution < -0.4 is 25.4 Å². The van der Waals surface area contributed by atoms with Crippen molar-refractivity contribution in [2.24, 2.45) is 10.9 Å². The number of fused-ring (bicyclic) bond motifs is 1. The number of nitrogens with zero attached hydrogens (tertiary/aromatic N) is 1. The Morgan fingerprint density at radius 2 is 1.73 bits per heavy atom. The Balaban J connectivity index is 0.00000320. The summed E-state index contributed by atoms with van der Waals surface area (Å²) in [6.07, 6.45) is 0.849. The van der Waals surface area contributed by atoms with Crippen LogP contribution in [0, 0.1) is 5.92 Å². The Hall–Kier alpha value is -2.49. The molecule has 2 aromatic rings. The van der Waals surface area contributed by atoms with Gasteiger partial charge in [0.25, 0.3) is 0 Å². The first-order chi connectivity index (χ1) is 14.0. The van der Waals surface area contributed by atoms with E-state index in [-0.39, 0.29) is 35.8 Å². The van der Waals surface area contributed by atoms with Crippen molar-refractivity contribution in [2.75, 3.05) is 25.7 Å². The third-order valence-corrected chi connectivity index (χ3v) is 4.57. The van der Waals surface area contributed by atoms with Gasteiger partial charge in [0.05, 0.1) is 0 Å². The van der Waals surface area contributed by atoms with E-state index in [0.717, 1.165) is 41.7 Å². The van der Waals surface area contributed by atoms with Gasteiger partial charge in [0, 0.05) is 31.7 Å². The molecule has 0 fully saturated rings. The van der Waals surface area contributed by atoms with Gasteiger partial charge in [0.2, 0.25) is 12.7 Å². The maximum Gasteiger partial charge on any atom is 0.231 e. The van der Waals surface area contributed by atoms with E-state index in [9.17, 15) is 4.79 Å². The molecular formula is C22H29IN4O3. The van der Waals surface area contributed by atoms with Gasteiger partial charge >= 0.3 is 0 Å². The third kappa shape index (κ3) is 6.79. The number of amides is 1. The molecule has 0 radical (unpaired) electrons. The molecule has 0 spiro atoms. The molecule has 1 amide bonds. The van der Waals surface area contributed by atoms with Crippen LogP contribution in [0.4, 0.5) is 5.69 Å². The number of carbonyl (C=O) groups is 1. The van der Waals surface area contributed by atoms with Crippen molar-refractivity contribution >= 4 is 41.5 Å². The summed E-state index contributed by atoms with van der Waals surface area (Å²) in [6.45, 7) is 5.43. The Labute approximate surface area is 194 Å². The number of hydrogen-bond acceptors (Lipinski definition) is 4. The van der Waals surface area contributed by atoms with E-state index in [1.807, 2.05) is 56.3 Å². The molecule has 7 nitrogen and oxygen atoms in total. The summed E-state index contributed by atoms with van der Waals surface area (Å²) in [5.74, 6) is 2.32. The first-order valence-corrected chi connectivity index (χ1v) is 9.78. The summed E-state index contributed by atoms with van der Waals surface area (Å²) in [5.41, 5.74) is 3.08. The van der Waals surface area contributed by atoms with Crippen molar-refractivity contribution in [3.8, 4) is 11.5 Å². The first-order valence-electron chi connectivity index (χ1n) is 9.78. The minimum absolute atomic E-state index is 0. The largest absolute Gasteiger partial charge is 0.454 e. The molecule has 1 aliphatic heterocycles. The number of ether oxygens (including phenoxy) is 2. The highest BCUT2D eigenvalue weighted by atomic mass is 127. The number of nitrogens with one attached hydrogen (secondary N) is 3. The number of halogens is 1. The molecule has 0 saturated carbocycles. The molecule has 0 bridgehead atoms. The number of rotatable bonds is 7. The normalized spacial score (nSPS) is 12.3. The highest BCUT2D eigenvalue weighted by molar-refractivity contribution is 14.0. The van der Waals surface area contributed by atoms with Gasteiger partial charge in [-0.2, -0.15) is 0 Å². The lowest BCUT2D eigenvalue weighted by molar-refractivity contribution is -0.118. The number of guanidine groups is 1. The van der Waals surface area contributed by atoms with Crippen molar-refractivity contribution in [3.63, 3.8) is 0 Å². The second-order valence-corrected chi connectivity index (χ2v) is 7.13. The monoisotopic (exact) mass is 524 g/mol. The topological polar surface area (TPSA) is 84.0 Å². The summed E-state index contributed by atoms with van der Waals surface area (Å²) in [6, 6.07) is 13.8. The lowest BCUT2D eigenvalue weighted by Gasteiger charge is -2.13. The minimum Gasteiger partial charge on any atom is -0.454 e. The molecule has 162 valence electrons. The summed E-state index contributed by atoms with van der Waals surface area (Å²) < 4.78 is 10.8. The van der Waals surface area contributed by atoms with Crippen molar-refractivity contribution in [1.29, 1.82) is 0 Å². The summed E-state index contributed by atoms with van der Waals surface area (Å²) in [7, 11) is 1.75. The Morgan fingerprint density at radius 1 is 1.03 bits per heavy atom. The number of anilines is 1. The molecule has 3 N–H and O–H groups in total. The zero-order chi connectivity index (χ0) is 20.6. The zero-order valence-electron chi connectivity index (χ0n) is 17.5. The van der Waals surface area contributed by atoms with Crippen LogP contribution in [-0.2, 0) is 17.8 Å². The maximum atomic E-state index is 11.7. The molecule has 0 atom stereocenters. The molecule has 0 aromatic heterocycles. The second-order valence-electron chi connectivity index (χ2n) is 7.13. The van der Waals surface area contributed by atoms with Crippen molar-refractivity contribution in [2.45, 2.75) is 26.8 Å². The first kappa shape index (κ1) is 23.8. The van der Waals surface area contributed by atoms with E-state index in [4.69, 9.17) is 9.47 Å². The van der Waals surface area contributed by atoms with Gasteiger partial charge in [-0.15, -0.1) is 24.0 Å². The molecule has 30 heavy (non-hydrogen) atoms. The number of aliphatic imine (C=N–C) groups is 1. The Kier molecular flexibility index (Phi) is 9.22. The van der Waals surface area contributed by atoms with Gasteiger partial charge < -0.3 is 25.4 Å². The van der Waals surface area contributed by atoms with Crippen LogP contribution in [0.25, 0.3) is 0 Å². The molecule has 0 aliphatic carbocycles. The van der Waals surface area contributed by atoms with Gasteiger partial charge in [-0.25, -0.2) is 0 Å². The SMILES string of the molecule is CN=C(NCCc1ccc2c(c1)OCO2)NCc1ccc(NC(=O)C(C)C)cc1.I. The molecule has 1 heterocycles. The predicted octanol–water partition coefficient (Wildman–Crippen LogP) is 3.54. The number of carbonyl (C=O) groups excluding carboxylic acids is 1. The quantitative estimate of drug-likeness (QED) is 0.293. The summed E-state index contributed by atoms with van der Waals surface area (Å²) >= 11 is 0. The predicted molar refractivity (Wildman–Crippen MR) is 130 cm³/mol. The van der Waals surface area contributed by atoms with Crippen LogP contribution in [0.1, 0.15) is 25.0 Å². The van der Waals surface area contributed by atoms with Crippen molar-refractivity contribution in [1.82, 2.24) is 10.6 Å². The summed E-state index contributed by atoms with van der Waals surface area (Å²) in [4.78, 5) is 16.0. The van der Waals surface area contributed by atoms with Crippen molar-refractivity contribution < 1.29 is 14.3 Å². The Bertz CT molecular complexity index is 869. The highest BCUT2D eigenvalue weighted by Crippen LogP contribution is 2.32. The Morgan fingerprint density at radius 3 is 2.43 bits per heavy atom. The maximum absolute atomic E-state index is 11.7. The van der Waals surface area contributed by atoms with Crippen LogP contribution >= 0.6 is 24.0 Å². The van der Waals surface area contributed by atoms with E-state index < -0.39 is 0 Å². The smallest absolute Gasteiger partial charge is 0.231 e. The van der Waals surface area contributed by atoms with Gasteiger partial charge in [0.15, 0.2) is 17.5 Å². The zero-order valence-corrected chi connectivity index (χ0v) is 19.9. The van der Waals surface area contributed by atoms with E-state index in [1.165, 1.54) is 5.56 Å². The molecule has 8 heteroatoms. The fourth-order valence-electron chi connectivity index (χ4n) is 2.82. The van der Waals surface area contributed by atoms with Gasteiger partial charge in [-0.3, -0.25) is 9.79 Å². The third-order valence-electron chi connectivity index (χ3n) is 4.57. The van der Waals surface area contributed by atoms with E-state index in [0.29, 0.717) is 13.3 Å². The van der Waals surface area contributed by atoms with E-state index in [2.05, 4.69) is 20.9 Å². The van der Waals surface area contributed by atoms with Crippen LogP contribution in [-0.4, -0.2) is 32.3 Å². The van der Waals surface area contributed by atoms with Crippen LogP contribution in [0.3, 0.4) is 0 Å². The number of benzene rings is 2. The van der Waals surface area contributed by atoms with Gasteiger partial charge in [0.1, 0.15) is 0 Å². The molecule has 0 unspecified atom stereocenters. The fraction of sp³-hybridized carbons (Fsp3) is 0.364. The van der Waals surface area contributed by atoms with Crippen LogP contribution in [0.15, 0.2) is 47.5 Å². The average Bonchev–Trinajstić information content (AvgIpc) is 3.19. The van der Waals surface area contributed by atoms with E-state index in [1.54, 1.807) is 7.05 Å². The van der Waals surface area contributed by atoms with E-state index >= 15 is 0 Å². The van der Waals surface area contributed by atoms with Gasteiger partial charge in [-0.1, -0.05) is 32.0 Å². The highest BCUT2D eigenvalue weighted by Gasteiger charge is 2.13. The van der Waals surface area contributed by atoms with Crippen LogP contribution in [0.5, 0.6) is 11.5 Å². The molecule has 0 saturated heterocycles. The van der Waals surface area contributed by atoms with Crippen molar-refractivity contribution in [3.05, 3.63) is 53.6 Å². The minimum atomic E-state index is -0.0385. The van der Waals surface area contributed by atoms with Crippen LogP contribution in [0.2, 0.25) is 0 Å². The molecule has 2 aromatic carbocycles. The molecule has 1 aliphatic rings. The summed E-state index contributed by atoms with van der Waals surface area (Å²) in [5, 5.41) is 9.51. The lowest BCUT2D eigenvalue weighted by Crippen LogP contribution is -2.37. The number of hydrogen-bond donors (Lipinski definition) is 3. The molecule has 3 rings (SSSR count). The second kappa shape index (κ2) is 11.6. The lowest BCUT2D eigenvalue weighted by atomic mass is 10.1. The average molecular weight is 524 g/mol.